The minimum atomic E-state index is -0.235. The Morgan fingerprint density at radius 1 is 1.40 bits per heavy atom. The van der Waals surface area contributed by atoms with Crippen LogP contribution < -0.4 is 4.90 Å². The highest BCUT2D eigenvalue weighted by molar-refractivity contribution is 14.1. The number of benzene rings is 1. The molecule has 0 saturated heterocycles. The number of nitrogens with one attached hydrogen (secondary N) is 1. The number of carbonyl (C=O) groups is 1. The molecule has 4 heteroatoms. The van der Waals surface area contributed by atoms with Crippen LogP contribution in [-0.4, -0.2) is 33.2 Å². The van der Waals surface area contributed by atoms with Crippen molar-refractivity contribution in [3.63, 3.8) is 0 Å². The van der Waals surface area contributed by atoms with Gasteiger partial charge in [-0.05, 0) is 34.7 Å². The van der Waals surface area contributed by atoms with E-state index in [1.54, 1.807) is 6.07 Å². The SMILES string of the molecule is C[NH+](C)CCOC(=O)c1ccccc1I. The van der Waals surface area contributed by atoms with Gasteiger partial charge in [0.1, 0.15) is 13.2 Å². The van der Waals surface area contributed by atoms with Crippen LogP contribution in [0.25, 0.3) is 0 Å². The quantitative estimate of drug-likeness (QED) is 0.650. The number of halogens is 1. The molecule has 0 heterocycles. The van der Waals surface area contributed by atoms with Crippen LogP contribution in [0.5, 0.6) is 0 Å². The number of likely N-dealkylation sites (N-methyl/N-ethyl adjacent to an activating group) is 1. The molecule has 1 aromatic rings. The van der Waals surface area contributed by atoms with Crippen molar-refractivity contribution >= 4 is 28.6 Å². The molecule has 0 aliphatic heterocycles. The van der Waals surface area contributed by atoms with Gasteiger partial charge in [0.25, 0.3) is 0 Å². The zero-order valence-electron chi connectivity index (χ0n) is 8.92. The molecular formula is C11H15INO2+. The van der Waals surface area contributed by atoms with E-state index in [1.165, 1.54) is 4.90 Å². The molecule has 0 aromatic heterocycles. The zero-order chi connectivity index (χ0) is 11.3. The Bertz CT molecular complexity index is 339. The van der Waals surface area contributed by atoms with Crippen molar-refractivity contribution < 1.29 is 14.4 Å². The summed E-state index contributed by atoms with van der Waals surface area (Å²) in [6.07, 6.45) is 0. The van der Waals surface area contributed by atoms with Crippen LogP contribution in [0, 0.1) is 3.57 Å². The summed E-state index contributed by atoms with van der Waals surface area (Å²) in [5.74, 6) is -0.235. The summed E-state index contributed by atoms with van der Waals surface area (Å²) < 4.78 is 6.08. The molecule has 0 radical (unpaired) electrons. The second-order valence-electron chi connectivity index (χ2n) is 3.57. The van der Waals surface area contributed by atoms with E-state index in [0.717, 1.165) is 10.1 Å². The third-order valence-electron chi connectivity index (χ3n) is 1.93. The Morgan fingerprint density at radius 3 is 2.67 bits per heavy atom. The molecule has 1 N–H and O–H groups in total. The first-order valence-corrected chi connectivity index (χ1v) is 5.90. The Kier molecular flexibility index (Phi) is 5.04. The molecule has 82 valence electrons. The maximum absolute atomic E-state index is 11.6. The third-order valence-corrected chi connectivity index (χ3v) is 2.87. The van der Waals surface area contributed by atoms with E-state index in [2.05, 4.69) is 22.6 Å². The molecule has 0 saturated carbocycles. The minimum Gasteiger partial charge on any atom is -0.456 e. The molecule has 0 amide bonds. The van der Waals surface area contributed by atoms with Gasteiger partial charge in [0.05, 0.1) is 19.7 Å². The Balaban J connectivity index is 2.51. The first-order chi connectivity index (χ1) is 7.11. The summed E-state index contributed by atoms with van der Waals surface area (Å²) in [6.45, 7) is 1.29. The van der Waals surface area contributed by atoms with E-state index in [0.29, 0.717) is 12.2 Å². The van der Waals surface area contributed by atoms with Crippen molar-refractivity contribution in [2.45, 2.75) is 0 Å². The fraction of sp³-hybridized carbons (Fsp3) is 0.364. The lowest BCUT2D eigenvalue weighted by molar-refractivity contribution is -0.858. The molecule has 0 aliphatic rings. The van der Waals surface area contributed by atoms with Gasteiger partial charge >= 0.3 is 5.97 Å². The van der Waals surface area contributed by atoms with Gasteiger partial charge in [-0.3, -0.25) is 0 Å². The van der Waals surface area contributed by atoms with Crippen LogP contribution in [0.15, 0.2) is 24.3 Å². The number of hydrogen-bond donors (Lipinski definition) is 1. The molecule has 15 heavy (non-hydrogen) atoms. The Hall–Kier alpha value is -0.620. The number of hydrogen-bond acceptors (Lipinski definition) is 2. The van der Waals surface area contributed by atoms with Crippen LogP contribution in [0.2, 0.25) is 0 Å². The second-order valence-corrected chi connectivity index (χ2v) is 4.74. The molecule has 0 aliphatic carbocycles. The molecule has 0 atom stereocenters. The van der Waals surface area contributed by atoms with Gasteiger partial charge in [-0.2, -0.15) is 0 Å². The average molecular weight is 320 g/mol. The van der Waals surface area contributed by atoms with Crippen molar-refractivity contribution in [1.29, 1.82) is 0 Å². The largest absolute Gasteiger partial charge is 0.456 e. The van der Waals surface area contributed by atoms with E-state index >= 15 is 0 Å². The first-order valence-electron chi connectivity index (χ1n) is 4.82. The number of rotatable bonds is 4. The van der Waals surface area contributed by atoms with Crippen LogP contribution in [0.1, 0.15) is 10.4 Å². The third kappa shape index (κ3) is 4.17. The van der Waals surface area contributed by atoms with E-state index in [4.69, 9.17) is 4.74 Å². The number of ether oxygens (including phenoxy) is 1. The predicted octanol–water partition coefficient (Wildman–Crippen LogP) is 0.593. The molecule has 0 unspecified atom stereocenters. The minimum absolute atomic E-state index is 0.235. The summed E-state index contributed by atoms with van der Waals surface area (Å²) in [4.78, 5) is 12.9. The summed E-state index contributed by atoms with van der Waals surface area (Å²) in [5.41, 5.74) is 0.645. The average Bonchev–Trinajstić information content (AvgIpc) is 2.17. The van der Waals surface area contributed by atoms with Gasteiger partial charge in [0, 0.05) is 3.57 Å². The first kappa shape index (κ1) is 12.4. The molecule has 1 rings (SSSR count). The predicted molar refractivity (Wildman–Crippen MR) is 67.1 cm³/mol. The normalized spacial score (nSPS) is 10.4. The lowest BCUT2D eigenvalue weighted by Crippen LogP contribution is -3.06. The fourth-order valence-corrected chi connectivity index (χ4v) is 1.66. The lowest BCUT2D eigenvalue weighted by atomic mass is 10.2. The van der Waals surface area contributed by atoms with Gasteiger partial charge in [-0.1, -0.05) is 12.1 Å². The number of carbonyl (C=O) groups excluding carboxylic acids is 1. The van der Waals surface area contributed by atoms with E-state index in [-0.39, 0.29) is 5.97 Å². The van der Waals surface area contributed by atoms with Crippen LogP contribution in [0.3, 0.4) is 0 Å². The van der Waals surface area contributed by atoms with Gasteiger partial charge < -0.3 is 9.64 Å². The standard InChI is InChI=1S/C11H14INO2/c1-13(2)7-8-15-11(14)9-5-3-4-6-10(9)12/h3-6H,7-8H2,1-2H3/p+1. The molecule has 3 nitrogen and oxygen atoms in total. The fourth-order valence-electron chi connectivity index (χ4n) is 1.05. The zero-order valence-corrected chi connectivity index (χ0v) is 11.1. The molecular weight excluding hydrogens is 305 g/mol. The van der Waals surface area contributed by atoms with E-state index < -0.39 is 0 Å². The van der Waals surface area contributed by atoms with Gasteiger partial charge in [-0.25, -0.2) is 4.79 Å². The summed E-state index contributed by atoms with van der Waals surface area (Å²) in [6, 6.07) is 7.43. The molecule has 1 aromatic carbocycles. The van der Waals surface area contributed by atoms with Crippen molar-refractivity contribution in [1.82, 2.24) is 0 Å². The van der Waals surface area contributed by atoms with Crippen molar-refractivity contribution in [3.05, 3.63) is 33.4 Å². The smallest absolute Gasteiger partial charge is 0.339 e. The number of quaternary nitrogens is 1. The van der Waals surface area contributed by atoms with Gasteiger partial charge in [-0.15, -0.1) is 0 Å². The maximum Gasteiger partial charge on any atom is 0.339 e. The summed E-state index contributed by atoms with van der Waals surface area (Å²) in [5, 5.41) is 0. The highest BCUT2D eigenvalue weighted by Gasteiger charge is 2.10. The molecule has 0 spiro atoms. The Morgan fingerprint density at radius 2 is 2.07 bits per heavy atom. The Labute approximate surface area is 104 Å². The van der Waals surface area contributed by atoms with Gasteiger partial charge in [0.15, 0.2) is 0 Å². The van der Waals surface area contributed by atoms with Crippen LogP contribution >= 0.6 is 22.6 Å². The lowest BCUT2D eigenvalue weighted by Gasteiger charge is -2.08. The maximum atomic E-state index is 11.6. The molecule has 0 fully saturated rings. The van der Waals surface area contributed by atoms with Crippen LogP contribution in [0.4, 0.5) is 0 Å². The van der Waals surface area contributed by atoms with Crippen molar-refractivity contribution in [2.75, 3.05) is 27.2 Å². The molecule has 0 bridgehead atoms. The second kappa shape index (κ2) is 6.07. The topological polar surface area (TPSA) is 30.7 Å². The summed E-state index contributed by atoms with van der Waals surface area (Å²) in [7, 11) is 4.06. The van der Waals surface area contributed by atoms with E-state index in [9.17, 15) is 4.79 Å². The number of esters is 1. The van der Waals surface area contributed by atoms with Gasteiger partial charge in [0.2, 0.25) is 0 Å². The highest BCUT2D eigenvalue weighted by Crippen LogP contribution is 2.12. The van der Waals surface area contributed by atoms with Crippen LogP contribution in [-0.2, 0) is 4.74 Å². The monoisotopic (exact) mass is 320 g/mol. The highest BCUT2D eigenvalue weighted by atomic mass is 127. The summed E-state index contributed by atoms with van der Waals surface area (Å²) >= 11 is 2.13. The van der Waals surface area contributed by atoms with E-state index in [1.807, 2.05) is 32.3 Å². The van der Waals surface area contributed by atoms with Crippen molar-refractivity contribution in [2.24, 2.45) is 0 Å². The van der Waals surface area contributed by atoms with Crippen molar-refractivity contribution in [3.8, 4) is 0 Å².